The number of fused-ring (bicyclic) bond motifs is 1. The molecule has 0 saturated carbocycles. The van der Waals surface area contributed by atoms with Crippen molar-refractivity contribution in [2.75, 3.05) is 19.0 Å². The molecule has 1 heterocycles. The van der Waals surface area contributed by atoms with Crippen molar-refractivity contribution >= 4 is 23.3 Å². The number of carbonyl (C=O) groups excluding carboxylic acids is 2. The van der Waals surface area contributed by atoms with Gasteiger partial charge in [-0.15, -0.1) is 0 Å². The molecule has 1 N–H and O–H groups in total. The first-order valence-corrected chi connectivity index (χ1v) is 9.75. The number of hydrogen-bond donors (Lipinski definition) is 1. The average molecular weight is 406 g/mol. The summed E-state index contributed by atoms with van der Waals surface area (Å²) in [6.45, 7) is 7.73. The fourth-order valence-corrected chi connectivity index (χ4v) is 3.48. The summed E-state index contributed by atoms with van der Waals surface area (Å²) < 4.78 is 10.3. The number of ether oxygens (including phenoxy) is 2. The lowest BCUT2D eigenvalue weighted by molar-refractivity contribution is 0.100. The third kappa shape index (κ3) is 5.14. The van der Waals surface area contributed by atoms with E-state index in [1.807, 2.05) is 18.2 Å². The number of carbonyl (C=O) groups is 2. The van der Waals surface area contributed by atoms with Crippen LogP contribution in [-0.2, 0) is 11.2 Å². The molecule has 0 bridgehead atoms. The number of benzene rings is 2. The van der Waals surface area contributed by atoms with Gasteiger partial charge in [-0.2, -0.15) is 0 Å². The van der Waals surface area contributed by atoms with Gasteiger partial charge in [-0.05, 0) is 50.1 Å². The maximum atomic E-state index is 13.0. The van der Waals surface area contributed by atoms with Gasteiger partial charge in [0.1, 0.15) is 12.4 Å². The van der Waals surface area contributed by atoms with Crippen LogP contribution >= 0.6 is 0 Å². The molecule has 6 heteroatoms. The molecule has 0 atom stereocenters. The van der Waals surface area contributed by atoms with Gasteiger partial charge >= 0.3 is 6.09 Å². The lowest BCUT2D eigenvalue weighted by Crippen LogP contribution is -2.30. The number of amides is 1. The fraction of sp³-hybridized carbons (Fsp3) is 0.292. The summed E-state index contributed by atoms with van der Waals surface area (Å²) in [5.41, 5.74) is 3.54. The zero-order valence-electron chi connectivity index (χ0n) is 17.5. The third-order valence-electron chi connectivity index (χ3n) is 4.78. The highest BCUT2D eigenvalue weighted by atomic mass is 16.5. The van der Waals surface area contributed by atoms with Crippen LogP contribution in [0.2, 0.25) is 0 Å². The number of hydrogen-bond acceptors (Lipinski definition) is 5. The number of methoxy groups -OCH3 is 1. The average Bonchev–Trinajstić information content (AvgIpc) is 2.71. The van der Waals surface area contributed by atoms with Crippen LogP contribution in [0.5, 0.6) is 5.75 Å². The van der Waals surface area contributed by atoms with E-state index in [4.69, 9.17) is 14.5 Å². The van der Waals surface area contributed by atoms with Gasteiger partial charge in [0.05, 0.1) is 24.8 Å². The van der Waals surface area contributed by atoms with Gasteiger partial charge < -0.3 is 9.47 Å². The molecule has 30 heavy (non-hydrogen) atoms. The Morgan fingerprint density at radius 3 is 2.77 bits per heavy atom. The molecule has 0 fully saturated rings. The Labute approximate surface area is 176 Å². The third-order valence-corrected chi connectivity index (χ3v) is 4.78. The van der Waals surface area contributed by atoms with Crippen molar-refractivity contribution in [3.8, 4) is 5.75 Å². The number of anilines is 1. The second-order valence-electron chi connectivity index (χ2n) is 7.76. The van der Waals surface area contributed by atoms with E-state index in [1.54, 1.807) is 31.4 Å². The molecule has 0 spiro atoms. The van der Waals surface area contributed by atoms with Gasteiger partial charge in [0.25, 0.3) is 0 Å². The number of nitrogens with zero attached hydrogens (tertiary/aromatic N) is 1. The van der Waals surface area contributed by atoms with Crippen LogP contribution in [0.15, 0.2) is 60.1 Å². The van der Waals surface area contributed by atoms with Crippen LogP contribution in [0.3, 0.4) is 0 Å². The molecule has 1 amide bonds. The smallest absolute Gasteiger partial charge is 0.411 e. The Morgan fingerprint density at radius 1 is 1.23 bits per heavy atom. The van der Waals surface area contributed by atoms with Gasteiger partial charge in [-0.1, -0.05) is 30.9 Å². The van der Waals surface area contributed by atoms with Gasteiger partial charge in [-0.25, -0.2) is 4.79 Å². The van der Waals surface area contributed by atoms with E-state index in [0.717, 1.165) is 29.0 Å². The maximum absolute atomic E-state index is 13.0. The van der Waals surface area contributed by atoms with Crippen LogP contribution in [0.1, 0.15) is 41.8 Å². The molecule has 0 unspecified atom stereocenters. The highest BCUT2D eigenvalue weighted by Gasteiger charge is 2.28. The van der Waals surface area contributed by atoms with Crippen molar-refractivity contribution < 1.29 is 19.1 Å². The van der Waals surface area contributed by atoms with Crippen molar-refractivity contribution in [2.45, 2.75) is 32.2 Å². The molecule has 0 radical (unpaired) electrons. The van der Waals surface area contributed by atoms with Crippen molar-refractivity contribution in [1.29, 1.82) is 0 Å². The topological polar surface area (TPSA) is 77.0 Å². The van der Waals surface area contributed by atoms with Crippen LogP contribution in [0.25, 0.3) is 0 Å². The van der Waals surface area contributed by atoms with Crippen molar-refractivity contribution in [2.24, 2.45) is 4.99 Å². The summed E-state index contributed by atoms with van der Waals surface area (Å²) >= 11 is 0. The summed E-state index contributed by atoms with van der Waals surface area (Å²) in [5, 5.41) is 2.61. The van der Waals surface area contributed by atoms with E-state index < -0.39 is 6.09 Å². The molecular formula is C24H26N2O4. The monoisotopic (exact) mass is 406 g/mol. The predicted octanol–water partition coefficient (Wildman–Crippen LogP) is 4.83. The lowest BCUT2D eigenvalue weighted by atomic mass is 9.85. The number of aliphatic imine (C=N–C) groups is 1. The van der Waals surface area contributed by atoms with Crippen molar-refractivity contribution in [3.63, 3.8) is 0 Å². The summed E-state index contributed by atoms with van der Waals surface area (Å²) in [6, 6.07) is 12.7. The minimum absolute atomic E-state index is 0.0803. The van der Waals surface area contributed by atoms with E-state index in [2.05, 4.69) is 25.7 Å². The minimum atomic E-state index is -0.598. The summed E-state index contributed by atoms with van der Waals surface area (Å²) in [5.74, 6) is 0.654. The molecule has 0 aromatic heterocycles. The Balaban J connectivity index is 1.82. The van der Waals surface area contributed by atoms with Gasteiger partial charge in [-0.3, -0.25) is 15.1 Å². The number of rotatable bonds is 7. The first-order chi connectivity index (χ1) is 14.3. The van der Waals surface area contributed by atoms with Crippen LogP contribution in [-0.4, -0.2) is 36.8 Å². The molecule has 1 aliphatic rings. The van der Waals surface area contributed by atoms with Crippen molar-refractivity contribution in [3.05, 3.63) is 71.8 Å². The van der Waals surface area contributed by atoms with Gasteiger partial charge in [0.15, 0.2) is 5.78 Å². The molecule has 2 aromatic rings. The number of nitrogens with one attached hydrogen (secondary N) is 1. The highest BCUT2D eigenvalue weighted by molar-refractivity contribution is 6.17. The minimum Gasteiger partial charge on any atom is -0.497 e. The lowest BCUT2D eigenvalue weighted by Gasteiger charge is -2.29. The molecule has 3 rings (SSSR count). The molecular weight excluding hydrogens is 380 g/mol. The normalized spacial score (nSPS) is 14.2. The summed E-state index contributed by atoms with van der Waals surface area (Å²) in [4.78, 5) is 29.6. The van der Waals surface area contributed by atoms with Gasteiger partial charge in [0.2, 0.25) is 0 Å². The first-order valence-electron chi connectivity index (χ1n) is 9.75. The second-order valence-corrected chi connectivity index (χ2v) is 7.76. The zero-order valence-corrected chi connectivity index (χ0v) is 17.5. The Bertz CT molecular complexity index is 1010. The SMILES string of the molecule is C=CCOC(=O)Nc1cccc(C(=O)CC2=NC(C)(C)Cc3ccc(OC)cc32)c1. The number of Topliss-reactive ketones (excluding diaryl/α,β-unsaturated/α-hetero) is 1. The highest BCUT2D eigenvalue weighted by Crippen LogP contribution is 2.31. The standard InChI is InChI=1S/C24H26N2O4/c1-5-11-30-23(28)25-18-8-6-7-16(12-18)22(27)14-21-20-13-19(29-4)10-9-17(20)15-24(2,3)26-21/h5-10,12-13H,1,11,14-15H2,2-4H3,(H,25,28). The van der Waals surface area contributed by atoms with Crippen LogP contribution in [0, 0.1) is 0 Å². The maximum Gasteiger partial charge on any atom is 0.411 e. The van der Waals surface area contributed by atoms with E-state index in [0.29, 0.717) is 11.3 Å². The van der Waals surface area contributed by atoms with E-state index in [-0.39, 0.29) is 24.3 Å². The van der Waals surface area contributed by atoms with E-state index in [9.17, 15) is 9.59 Å². The number of ketones is 1. The molecule has 156 valence electrons. The van der Waals surface area contributed by atoms with Crippen LogP contribution in [0.4, 0.5) is 10.5 Å². The summed E-state index contributed by atoms with van der Waals surface area (Å²) in [7, 11) is 1.62. The first kappa shape index (κ1) is 21.3. The molecule has 0 aliphatic carbocycles. The zero-order chi connectivity index (χ0) is 21.7. The molecule has 2 aromatic carbocycles. The van der Waals surface area contributed by atoms with E-state index >= 15 is 0 Å². The van der Waals surface area contributed by atoms with Crippen LogP contribution < -0.4 is 10.1 Å². The Kier molecular flexibility index (Phi) is 6.35. The summed E-state index contributed by atoms with van der Waals surface area (Å²) in [6.07, 6.45) is 1.85. The van der Waals surface area contributed by atoms with E-state index in [1.165, 1.54) is 6.08 Å². The quantitative estimate of drug-likeness (QED) is 0.528. The van der Waals surface area contributed by atoms with Crippen molar-refractivity contribution in [1.82, 2.24) is 0 Å². The Morgan fingerprint density at radius 2 is 2.03 bits per heavy atom. The molecule has 1 aliphatic heterocycles. The molecule has 0 saturated heterocycles. The predicted molar refractivity (Wildman–Crippen MR) is 118 cm³/mol. The molecule has 6 nitrogen and oxygen atoms in total. The fourth-order valence-electron chi connectivity index (χ4n) is 3.48. The second kappa shape index (κ2) is 8.95. The van der Waals surface area contributed by atoms with Gasteiger partial charge in [0, 0.05) is 16.8 Å². The Hall–Kier alpha value is -3.41. The largest absolute Gasteiger partial charge is 0.497 e.